The van der Waals surface area contributed by atoms with Gasteiger partial charge in [0.15, 0.2) is 0 Å². The number of aliphatic hydroxyl groups excluding tert-OH is 1. The van der Waals surface area contributed by atoms with E-state index < -0.39 is 0 Å². The van der Waals surface area contributed by atoms with E-state index in [9.17, 15) is 9.90 Å². The Labute approximate surface area is 137 Å². The molecule has 1 N–H and O–H groups in total. The Morgan fingerprint density at radius 3 is 2.65 bits per heavy atom. The Morgan fingerprint density at radius 2 is 2.04 bits per heavy atom. The fourth-order valence-electron chi connectivity index (χ4n) is 3.67. The van der Waals surface area contributed by atoms with Crippen LogP contribution in [0.25, 0.3) is 0 Å². The summed E-state index contributed by atoms with van der Waals surface area (Å²) in [6.07, 6.45) is 2.13. The van der Waals surface area contributed by atoms with Crippen LogP contribution in [0.4, 0.5) is 0 Å². The van der Waals surface area contributed by atoms with Crippen LogP contribution in [0.2, 0.25) is 0 Å². The number of nitrogens with zero attached hydrogens (tertiary/aromatic N) is 1. The number of ether oxygens (including phenoxy) is 1. The van der Waals surface area contributed by atoms with Crippen molar-refractivity contribution in [2.75, 3.05) is 19.7 Å². The maximum Gasteiger partial charge on any atom is 0.298 e. The zero-order chi connectivity index (χ0) is 16.3. The van der Waals surface area contributed by atoms with Crippen molar-refractivity contribution in [2.45, 2.75) is 38.4 Å². The molecule has 4 heteroatoms. The number of piperidine rings is 1. The predicted octanol–water partition coefficient (Wildman–Crippen LogP) is 1.82. The predicted molar refractivity (Wildman–Crippen MR) is 87.6 cm³/mol. The number of carbonyl (C=O) groups excluding carboxylic acids is 1. The standard InChI is InChI=1S/C19H23NO3/c1-2-23-17-14-16(21)19(17)10-12-20(13-11-19)18(22)9-8-15-6-4-3-5-7-15/h3-7,16-17,21H,2,10-14H2,1H3/t16-,17+/m1/s1. The van der Waals surface area contributed by atoms with Gasteiger partial charge in [-0.05, 0) is 31.9 Å². The number of aliphatic hydroxyl groups is 1. The first kappa shape index (κ1) is 16.0. The van der Waals surface area contributed by atoms with Crippen LogP contribution >= 0.6 is 0 Å². The highest BCUT2D eigenvalue weighted by molar-refractivity contribution is 5.94. The minimum Gasteiger partial charge on any atom is -0.392 e. The molecule has 0 radical (unpaired) electrons. The van der Waals surface area contributed by atoms with Gasteiger partial charge in [0.1, 0.15) is 0 Å². The van der Waals surface area contributed by atoms with Crippen molar-refractivity contribution in [3.05, 3.63) is 35.9 Å². The lowest BCUT2D eigenvalue weighted by molar-refractivity contribution is -0.209. The van der Waals surface area contributed by atoms with Gasteiger partial charge in [0.05, 0.1) is 12.2 Å². The maximum absolute atomic E-state index is 12.2. The molecule has 1 spiro atoms. The lowest BCUT2D eigenvalue weighted by Crippen LogP contribution is -2.62. The van der Waals surface area contributed by atoms with Gasteiger partial charge in [-0.25, -0.2) is 0 Å². The number of hydrogen-bond donors (Lipinski definition) is 1. The summed E-state index contributed by atoms with van der Waals surface area (Å²) in [5.74, 6) is 5.50. The molecular weight excluding hydrogens is 290 g/mol. The maximum atomic E-state index is 12.2. The minimum atomic E-state index is -0.299. The monoisotopic (exact) mass is 313 g/mol. The van der Waals surface area contributed by atoms with E-state index in [1.165, 1.54) is 0 Å². The second-order valence-electron chi connectivity index (χ2n) is 6.34. The third-order valence-electron chi connectivity index (χ3n) is 5.18. The van der Waals surface area contributed by atoms with Crippen LogP contribution in [-0.2, 0) is 9.53 Å². The van der Waals surface area contributed by atoms with Crippen LogP contribution in [0.3, 0.4) is 0 Å². The van der Waals surface area contributed by atoms with Gasteiger partial charge < -0.3 is 14.7 Å². The third kappa shape index (κ3) is 3.12. The van der Waals surface area contributed by atoms with E-state index in [0.29, 0.717) is 19.7 Å². The summed E-state index contributed by atoms with van der Waals surface area (Å²) in [5.41, 5.74) is 0.694. The van der Waals surface area contributed by atoms with Gasteiger partial charge in [0.2, 0.25) is 0 Å². The Kier molecular flexibility index (Phi) is 4.70. The van der Waals surface area contributed by atoms with Crippen molar-refractivity contribution in [3.63, 3.8) is 0 Å². The number of benzene rings is 1. The summed E-state index contributed by atoms with van der Waals surface area (Å²) >= 11 is 0. The van der Waals surface area contributed by atoms with Gasteiger partial charge in [0, 0.05) is 43.0 Å². The molecule has 2 aliphatic rings. The van der Waals surface area contributed by atoms with E-state index >= 15 is 0 Å². The van der Waals surface area contributed by atoms with E-state index in [2.05, 4.69) is 11.8 Å². The molecule has 2 fully saturated rings. The first-order valence-corrected chi connectivity index (χ1v) is 8.31. The summed E-state index contributed by atoms with van der Waals surface area (Å²) in [7, 11) is 0. The zero-order valence-electron chi connectivity index (χ0n) is 13.5. The highest BCUT2D eigenvalue weighted by Gasteiger charge is 2.56. The normalized spacial score (nSPS) is 25.4. The molecule has 0 aromatic heterocycles. The van der Waals surface area contributed by atoms with Gasteiger partial charge in [-0.3, -0.25) is 4.79 Å². The van der Waals surface area contributed by atoms with Gasteiger partial charge in [-0.2, -0.15) is 0 Å². The molecule has 0 bridgehead atoms. The fourth-order valence-corrected chi connectivity index (χ4v) is 3.67. The number of amides is 1. The van der Waals surface area contributed by atoms with Gasteiger partial charge >= 0.3 is 0 Å². The summed E-state index contributed by atoms with van der Waals surface area (Å²) in [6, 6.07) is 9.53. The average Bonchev–Trinajstić information content (AvgIpc) is 2.60. The Bertz CT molecular complexity index is 606. The summed E-state index contributed by atoms with van der Waals surface area (Å²) in [4.78, 5) is 14.0. The summed E-state index contributed by atoms with van der Waals surface area (Å²) < 4.78 is 5.75. The first-order valence-electron chi connectivity index (χ1n) is 8.31. The topological polar surface area (TPSA) is 49.8 Å². The zero-order valence-corrected chi connectivity index (χ0v) is 13.5. The first-order chi connectivity index (χ1) is 11.2. The van der Waals surface area contributed by atoms with E-state index in [1.54, 1.807) is 4.90 Å². The molecule has 1 aromatic rings. The van der Waals surface area contributed by atoms with E-state index in [4.69, 9.17) is 4.74 Å². The van der Waals surface area contributed by atoms with Crippen LogP contribution in [-0.4, -0.2) is 47.8 Å². The second-order valence-corrected chi connectivity index (χ2v) is 6.34. The van der Waals surface area contributed by atoms with Gasteiger partial charge in [-0.1, -0.05) is 24.1 Å². The summed E-state index contributed by atoms with van der Waals surface area (Å²) in [6.45, 7) is 3.94. The lowest BCUT2D eigenvalue weighted by atomic mass is 9.58. The van der Waals surface area contributed by atoms with Crippen LogP contribution < -0.4 is 0 Å². The highest BCUT2D eigenvalue weighted by Crippen LogP contribution is 2.50. The van der Waals surface area contributed by atoms with Crippen LogP contribution in [0.1, 0.15) is 31.7 Å². The number of rotatable bonds is 2. The van der Waals surface area contributed by atoms with Crippen molar-refractivity contribution >= 4 is 5.91 Å². The quantitative estimate of drug-likeness (QED) is 0.847. The van der Waals surface area contributed by atoms with E-state index in [1.807, 2.05) is 37.3 Å². The van der Waals surface area contributed by atoms with Crippen molar-refractivity contribution in [2.24, 2.45) is 5.41 Å². The largest absolute Gasteiger partial charge is 0.392 e. The molecule has 0 unspecified atom stereocenters. The van der Waals surface area contributed by atoms with Crippen molar-refractivity contribution < 1.29 is 14.6 Å². The Hall–Kier alpha value is -1.83. The lowest BCUT2D eigenvalue weighted by Gasteiger charge is -2.56. The van der Waals surface area contributed by atoms with Crippen molar-refractivity contribution in [1.82, 2.24) is 4.90 Å². The molecule has 2 atom stereocenters. The van der Waals surface area contributed by atoms with Crippen LogP contribution in [0.5, 0.6) is 0 Å². The molecule has 4 nitrogen and oxygen atoms in total. The van der Waals surface area contributed by atoms with Crippen LogP contribution in [0.15, 0.2) is 30.3 Å². The number of carbonyl (C=O) groups is 1. The smallest absolute Gasteiger partial charge is 0.298 e. The molecule has 3 rings (SSSR count). The molecule has 1 amide bonds. The summed E-state index contributed by atoms with van der Waals surface area (Å²) in [5, 5.41) is 10.2. The average molecular weight is 313 g/mol. The Morgan fingerprint density at radius 1 is 1.35 bits per heavy atom. The second kappa shape index (κ2) is 6.74. The van der Waals surface area contributed by atoms with Crippen molar-refractivity contribution in [1.29, 1.82) is 0 Å². The van der Waals surface area contributed by atoms with Gasteiger partial charge in [-0.15, -0.1) is 0 Å². The van der Waals surface area contributed by atoms with Crippen molar-refractivity contribution in [3.8, 4) is 11.8 Å². The Balaban J connectivity index is 1.59. The fraction of sp³-hybridized carbons (Fsp3) is 0.526. The molecular formula is C19H23NO3. The number of hydrogen-bond acceptors (Lipinski definition) is 3. The van der Waals surface area contributed by atoms with Crippen LogP contribution in [0, 0.1) is 17.3 Å². The minimum absolute atomic E-state index is 0.134. The SMILES string of the molecule is CCO[C@H]1C[C@@H](O)C12CCN(C(=O)C#Cc1ccccc1)CC2. The molecule has 23 heavy (non-hydrogen) atoms. The molecule has 1 aliphatic carbocycles. The molecule has 1 saturated carbocycles. The molecule has 1 saturated heterocycles. The molecule has 122 valence electrons. The third-order valence-corrected chi connectivity index (χ3v) is 5.18. The molecule has 1 aliphatic heterocycles. The number of likely N-dealkylation sites (tertiary alicyclic amines) is 1. The van der Waals surface area contributed by atoms with E-state index in [-0.39, 0.29) is 23.5 Å². The van der Waals surface area contributed by atoms with Gasteiger partial charge in [0.25, 0.3) is 5.91 Å². The molecule has 1 heterocycles. The van der Waals surface area contributed by atoms with E-state index in [0.717, 1.165) is 24.8 Å². The highest BCUT2D eigenvalue weighted by atomic mass is 16.5. The molecule has 1 aromatic carbocycles.